The number of carbonyl (C=O) groups excluding carboxylic acids is 3. The molecule has 6 aromatic carbocycles. The number of Topliss-reactive ketones (excluding diaryl/α,β-unsaturated/α-hetero) is 3. The number of para-hydroxylation sites is 1. The summed E-state index contributed by atoms with van der Waals surface area (Å²) in [6, 6.07) is 44.0. The summed E-state index contributed by atoms with van der Waals surface area (Å²) >= 11 is 9.24. The van der Waals surface area contributed by atoms with Gasteiger partial charge in [0.25, 0.3) is 16.7 Å². The number of anilines is 3. The highest BCUT2D eigenvalue weighted by molar-refractivity contribution is 8.09. The van der Waals surface area contributed by atoms with Crippen LogP contribution in [0.1, 0.15) is 79.7 Å². The molecule has 0 radical (unpaired) electrons. The van der Waals surface area contributed by atoms with Crippen LogP contribution >= 0.6 is 69.3 Å². The third-order valence-electron chi connectivity index (χ3n) is 16.4. The van der Waals surface area contributed by atoms with Crippen LogP contribution in [0, 0.1) is 13.8 Å². The lowest BCUT2D eigenvalue weighted by atomic mass is 10.1. The van der Waals surface area contributed by atoms with E-state index >= 15 is 0 Å². The van der Waals surface area contributed by atoms with Crippen LogP contribution in [-0.2, 0) is 38.9 Å². The minimum absolute atomic E-state index is 0.0114. The van der Waals surface area contributed by atoms with Crippen LogP contribution < -0.4 is 59.0 Å². The summed E-state index contributed by atoms with van der Waals surface area (Å²) in [4.78, 5) is 88.6. The van der Waals surface area contributed by atoms with E-state index < -0.39 is 0 Å². The number of ketones is 3. The molecular formula is C68H58N6O6S6. The Labute approximate surface area is 520 Å². The average molecular weight is 1250 g/mol. The lowest BCUT2D eigenvalue weighted by Gasteiger charge is -2.12. The van der Waals surface area contributed by atoms with Crippen LogP contribution in [0.15, 0.2) is 163 Å². The molecule has 12 nitrogen and oxygen atoms in total. The first-order valence-corrected chi connectivity index (χ1v) is 33.3. The Hall–Kier alpha value is -7.71. The molecule has 0 N–H and O–H groups in total. The Morgan fingerprint density at radius 1 is 0.372 bits per heavy atom. The smallest absolute Gasteiger partial charge is 0.271 e. The SMILES string of the molecule is CCn1c(=O)/c(=C2\Sc3cc(C)ccc3N2C)s/c1=C1/Cc2ccccc2C1=O.CCn1c(=O)/c(=C2\Sc3cc(C)ccc3N2C)s/c1=C1/Cc2ccccc2C1=O.CCn1c(=O)/c(=C2\Sc3ccccc3N2C)s/c1=C1/Cc2ccccc2C1=O. The van der Waals surface area contributed by atoms with E-state index in [0.717, 1.165) is 111 Å². The van der Waals surface area contributed by atoms with Gasteiger partial charge < -0.3 is 14.7 Å². The van der Waals surface area contributed by atoms with Crippen molar-refractivity contribution < 1.29 is 14.4 Å². The fourth-order valence-corrected chi connectivity index (χ4v) is 19.8. The van der Waals surface area contributed by atoms with E-state index in [1.54, 1.807) is 49.0 Å². The maximum atomic E-state index is 13.3. The van der Waals surface area contributed by atoms with Crippen molar-refractivity contribution in [2.45, 2.75) is 88.2 Å². The molecule has 0 fully saturated rings. The third-order valence-corrected chi connectivity index (χ3v) is 24.1. The van der Waals surface area contributed by atoms with E-state index in [9.17, 15) is 28.8 Å². The Balaban J connectivity index is 0.000000120. The highest BCUT2D eigenvalue weighted by atomic mass is 32.2. The summed E-state index contributed by atoms with van der Waals surface area (Å²) in [5, 5.41) is 2.82. The van der Waals surface area contributed by atoms with Gasteiger partial charge in [-0.2, -0.15) is 0 Å². The van der Waals surface area contributed by atoms with Gasteiger partial charge in [0, 0.05) is 108 Å². The second-order valence-electron chi connectivity index (χ2n) is 21.6. The first-order valence-electron chi connectivity index (χ1n) is 28.4. The van der Waals surface area contributed by atoms with Crippen LogP contribution in [0.3, 0.4) is 0 Å². The summed E-state index contributed by atoms with van der Waals surface area (Å²) in [7, 11) is 6.00. The number of carbonyl (C=O) groups is 3. The Morgan fingerprint density at radius 3 is 1.00 bits per heavy atom. The molecule has 0 bridgehead atoms. The number of aromatic nitrogens is 3. The average Bonchev–Trinajstić information content (AvgIpc) is 1.82. The van der Waals surface area contributed by atoms with Crippen molar-refractivity contribution in [3.63, 3.8) is 0 Å². The fraction of sp³-hybridized carbons (Fsp3) is 0.206. The molecule has 6 heterocycles. The Morgan fingerprint density at radius 2 is 0.674 bits per heavy atom. The number of benzene rings is 6. The number of rotatable bonds is 3. The van der Waals surface area contributed by atoms with Crippen molar-refractivity contribution in [3.05, 3.63) is 237 Å². The van der Waals surface area contributed by atoms with E-state index in [0.29, 0.717) is 52.5 Å². The predicted octanol–water partition coefficient (Wildman–Crippen LogP) is 9.10. The van der Waals surface area contributed by atoms with Crippen molar-refractivity contribution in [2.24, 2.45) is 0 Å². The molecule has 3 aliphatic heterocycles. The molecule has 18 heteroatoms. The number of thioether (sulfide) groups is 3. The predicted molar refractivity (Wildman–Crippen MR) is 356 cm³/mol. The fourth-order valence-electron chi connectivity index (χ4n) is 11.9. The first-order chi connectivity index (χ1) is 41.6. The van der Waals surface area contributed by atoms with Crippen LogP contribution in [0.5, 0.6) is 0 Å². The van der Waals surface area contributed by atoms with Gasteiger partial charge in [-0.05, 0) is 98.8 Å². The number of hydrogen-bond donors (Lipinski definition) is 0. The maximum Gasteiger partial charge on any atom is 0.271 e. The minimum atomic E-state index is -0.0130. The van der Waals surface area contributed by atoms with Gasteiger partial charge in [-0.1, -0.05) is 132 Å². The maximum absolute atomic E-state index is 13.3. The van der Waals surface area contributed by atoms with E-state index in [1.165, 1.54) is 45.1 Å². The molecule has 15 rings (SSSR count). The topological polar surface area (TPSA) is 127 Å². The van der Waals surface area contributed by atoms with E-state index in [2.05, 4.69) is 77.1 Å². The first kappa shape index (κ1) is 57.4. The van der Waals surface area contributed by atoms with Crippen LogP contribution in [0.2, 0.25) is 0 Å². The summed E-state index contributed by atoms with van der Waals surface area (Å²) < 4.78 is 9.77. The second kappa shape index (κ2) is 22.9. The molecule has 0 spiro atoms. The van der Waals surface area contributed by atoms with Crippen LogP contribution in [0.4, 0.5) is 17.1 Å². The van der Waals surface area contributed by atoms with Gasteiger partial charge in [0.1, 0.15) is 42.7 Å². The molecular weight excluding hydrogens is 1190 g/mol. The number of fused-ring (bicyclic) bond motifs is 6. The Bertz CT molecular complexity index is 4830. The molecule has 0 amide bonds. The monoisotopic (exact) mass is 1250 g/mol. The van der Waals surface area contributed by atoms with Gasteiger partial charge in [-0.25, -0.2) is 0 Å². The molecule has 9 aromatic rings. The largest absolute Gasteiger partial charge is 0.337 e. The van der Waals surface area contributed by atoms with Crippen molar-refractivity contribution in [1.82, 2.24) is 13.7 Å². The second-order valence-corrected chi connectivity index (χ2v) is 27.7. The van der Waals surface area contributed by atoms with Crippen LogP contribution in [0.25, 0.3) is 31.8 Å². The van der Waals surface area contributed by atoms with Crippen molar-refractivity contribution in [2.75, 3.05) is 35.8 Å². The highest BCUT2D eigenvalue weighted by Gasteiger charge is 2.33. The Kier molecular flexibility index (Phi) is 15.2. The lowest BCUT2D eigenvalue weighted by molar-refractivity contribution is 0.105. The van der Waals surface area contributed by atoms with Gasteiger partial charge in [0.2, 0.25) is 0 Å². The van der Waals surface area contributed by atoms with Gasteiger partial charge >= 0.3 is 0 Å². The molecule has 86 heavy (non-hydrogen) atoms. The lowest BCUT2D eigenvalue weighted by Crippen LogP contribution is -2.34. The third kappa shape index (κ3) is 9.60. The molecule has 6 aliphatic rings. The van der Waals surface area contributed by atoms with Crippen molar-refractivity contribution in [3.8, 4) is 0 Å². The minimum Gasteiger partial charge on any atom is -0.337 e. The van der Waals surface area contributed by atoms with E-state index in [1.807, 2.05) is 127 Å². The van der Waals surface area contributed by atoms with Crippen LogP contribution in [-0.4, -0.2) is 52.2 Å². The molecule has 0 saturated carbocycles. The van der Waals surface area contributed by atoms with E-state index in [4.69, 9.17) is 0 Å². The molecule has 0 atom stereocenters. The number of nitrogens with zero attached hydrogens (tertiary/aromatic N) is 6. The highest BCUT2D eigenvalue weighted by Crippen LogP contribution is 2.48. The summed E-state index contributed by atoms with van der Waals surface area (Å²) in [6.07, 6.45) is 1.77. The van der Waals surface area contributed by atoms with Gasteiger partial charge in [-0.3, -0.25) is 42.5 Å². The quantitative estimate of drug-likeness (QED) is 0.168. The number of thiazole rings is 3. The number of aryl methyl sites for hydroxylation is 2. The van der Waals surface area contributed by atoms with Gasteiger partial charge in [0.05, 0.1) is 17.1 Å². The van der Waals surface area contributed by atoms with Gasteiger partial charge in [-0.15, -0.1) is 34.0 Å². The van der Waals surface area contributed by atoms with Crippen molar-refractivity contribution >= 4 is 136 Å². The van der Waals surface area contributed by atoms with Gasteiger partial charge in [0.15, 0.2) is 17.3 Å². The summed E-state index contributed by atoms with van der Waals surface area (Å²) in [6.45, 7) is 11.7. The molecule has 0 unspecified atom stereocenters. The molecule has 3 aliphatic carbocycles. The van der Waals surface area contributed by atoms with E-state index in [-0.39, 0.29) is 34.0 Å². The zero-order chi connectivity index (χ0) is 60.0. The summed E-state index contributed by atoms with van der Waals surface area (Å²) in [5.74, 6) is 0.144. The zero-order valence-corrected chi connectivity index (χ0v) is 53.4. The zero-order valence-electron chi connectivity index (χ0n) is 48.5. The molecule has 0 saturated heterocycles. The van der Waals surface area contributed by atoms with Crippen molar-refractivity contribution in [1.29, 1.82) is 0 Å². The molecule has 3 aromatic heterocycles. The molecule has 432 valence electrons. The standard InChI is InChI=1S/2C23H20N2O2S2.C22H18N2O2S2/c2*1-4-25-21(27)20(23-24(3)17-10-9-13(2)11-18(17)28-23)29-22(25)16-12-14-7-5-6-8-15(14)19(16)26;1-3-24-20(26)19(22-23(2)16-10-6-7-11-17(16)27-22)28-21(24)15-12-13-8-4-5-9-14(13)18(15)25/h2*5-11H,4,12H2,1-3H3;4-11H,3,12H2,1-2H3/b2*22-16-,23-20+;21-15-,22-19+. The number of hydrogen-bond acceptors (Lipinski definition) is 15. The normalized spacial score (nSPS) is 19.1. The summed E-state index contributed by atoms with van der Waals surface area (Å²) in [5.41, 5.74) is 13.3.